The van der Waals surface area contributed by atoms with E-state index in [1.165, 1.54) is 11.1 Å². The third-order valence-electron chi connectivity index (χ3n) is 4.37. The average Bonchev–Trinajstić information content (AvgIpc) is 2.82. The highest BCUT2D eigenvalue weighted by atomic mass is 16.2. The SMILES string of the molecule is CNC(=O)C1(C)CCN(C(CN)c2cccc(C)c2)C1. The Labute approximate surface area is 121 Å². The van der Waals surface area contributed by atoms with Crippen LogP contribution in [0, 0.1) is 12.3 Å². The fraction of sp³-hybridized carbons (Fsp3) is 0.562. The molecule has 1 aromatic carbocycles. The average molecular weight is 275 g/mol. The number of hydrogen-bond donors (Lipinski definition) is 2. The van der Waals surface area contributed by atoms with Crippen molar-refractivity contribution in [2.45, 2.75) is 26.3 Å². The fourth-order valence-corrected chi connectivity index (χ4v) is 3.12. The minimum atomic E-state index is -0.300. The Balaban J connectivity index is 2.17. The third-order valence-corrected chi connectivity index (χ3v) is 4.37. The van der Waals surface area contributed by atoms with E-state index in [2.05, 4.69) is 41.4 Å². The second-order valence-electron chi connectivity index (χ2n) is 6.03. The molecule has 20 heavy (non-hydrogen) atoms. The number of rotatable bonds is 4. The molecule has 0 bridgehead atoms. The molecular weight excluding hydrogens is 250 g/mol. The summed E-state index contributed by atoms with van der Waals surface area (Å²) in [6.45, 7) is 6.39. The van der Waals surface area contributed by atoms with Crippen LogP contribution in [0.1, 0.15) is 30.5 Å². The van der Waals surface area contributed by atoms with Crippen molar-refractivity contribution in [2.75, 3.05) is 26.7 Å². The molecule has 2 rings (SSSR count). The second-order valence-corrected chi connectivity index (χ2v) is 6.03. The first-order chi connectivity index (χ1) is 9.50. The number of carbonyl (C=O) groups is 1. The zero-order chi connectivity index (χ0) is 14.8. The van der Waals surface area contributed by atoms with E-state index in [0.717, 1.165) is 19.5 Å². The predicted octanol–water partition coefficient (Wildman–Crippen LogP) is 1.45. The number of nitrogens with zero attached hydrogens (tertiary/aromatic N) is 1. The summed E-state index contributed by atoms with van der Waals surface area (Å²) in [7, 11) is 1.71. The maximum absolute atomic E-state index is 12.0. The summed E-state index contributed by atoms with van der Waals surface area (Å²) in [6, 6.07) is 8.67. The summed E-state index contributed by atoms with van der Waals surface area (Å²) in [6.07, 6.45) is 0.884. The first-order valence-corrected chi connectivity index (χ1v) is 7.23. The van der Waals surface area contributed by atoms with Gasteiger partial charge in [-0.15, -0.1) is 0 Å². The number of hydrogen-bond acceptors (Lipinski definition) is 3. The van der Waals surface area contributed by atoms with Gasteiger partial charge in [-0.2, -0.15) is 0 Å². The minimum absolute atomic E-state index is 0.125. The van der Waals surface area contributed by atoms with Gasteiger partial charge >= 0.3 is 0 Å². The maximum atomic E-state index is 12.0. The van der Waals surface area contributed by atoms with Crippen LogP contribution in [0.5, 0.6) is 0 Å². The Hall–Kier alpha value is -1.39. The lowest BCUT2D eigenvalue weighted by atomic mass is 9.89. The van der Waals surface area contributed by atoms with Crippen LogP contribution in [-0.4, -0.2) is 37.5 Å². The normalized spacial score (nSPS) is 24.6. The van der Waals surface area contributed by atoms with Crippen molar-refractivity contribution in [1.82, 2.24) is 10.2 Å². The molecule has 0 aliphatic carbocycles. The molecule has 1 aliphatic rings. The monoisotopic (exact) mass is 275 g/mol. The Morgan fingerprint density at radius 3 is 2.90 bits per heavy atom. The standard InChI is InChI=1S/C16H25N3O/c1-12-5-4-6-13(9-12)14(10-17)19-8-7-16(2,11-19)15(20)18-3/h4-6,9,14H,7-8,10-11,17H2,1-3H3,(H,18,20). The summed E-state index contributed by atoms with van der Waals surface area (Å²) in [5.74, 6) is 0.125. The molecule has 1 aromatic rings. The Morgan fingerprint density at radius 2 is 2.30 bits per heavy atom. The van der Waals surface area contributed by atoms with Crippen LogP contribution in [0.4, 0.5) is 0 Å². The van der Waals surface area contributed by atoms with Crippen LogP contribution >= 0.6 is 0 Å². The molecule has 0 radical (unpaired) electrons. The molecule has 1 fully saturated rings. The molecule has 2 atom stereocenters. The highest BCUT2D eigenvalue weighted by molar-refractivity contribution is 5.82. The molecule has 1 heterocycles. The van der Waals surface area contributed by atoms with E-state index in [-0.39, 0.29) is 17.4 Å². The van der Waals surface area contributed by atoms with Crippen LogP contribution in [0.2, 0.25) is 0 Å². The van der Waals surface area contributed by atoms with Gasteiger partial charge in [0, 0.05) is 26.2 Å². The van der Waals surface area contributed by atoms with Crippen molar-refractivity contribution in [3.05, 3.63) is 35.4 Å². The van der Waals surface area contributed by atoms with Crippen LogP contribution in [-0.2, 0) is 4.79 Å². The Morgan fingerprint density at radius 1 is 1.55 bits per heavy atom. The van der Waals surface area contributed by atoms with E-state index in [4.69, 9.17) is 5.73 Å². The largest absolute Gasteiger partial charge is 0.359 e. The lowest BCUT2D eigenvalue weighted by molar-refractivity contribution is -0.129. The number of nitrogens with one attached hydrogen (secondary N) is 1. The second kappa shape index (κ2) is 5.94. The highest BCUT2D eigenvalue weighted by Gasteiger charge is 2.41. The van der Waals surface area contributed by atoms with Gasteiger partial charge < -0.3 is 11.1 Å². The van der Waals surface area contributed by atoms with Crippen molar-refractivity contribution in [2.24, 2.45) is 11.1 Å². The molecular formula is C16H25N3O. The van der Waals surface area contributed by atoms with Crippen molar-refractivity contribution in [3.63, 3.8) is 0 Å². The van der Waals surface area contributed by atoms with Crippen LogP contribution in [0.15, 0.2) is 24.3 Å². The molecule has 110 valence electrons. The third kappa shape index (κ3) is 2.86. The van der Waals surface area contributed by atoms with Crippen LogP contribution < -0.4 is 11.1 Å². The zero-order valence-corrected chi connectivity index (χ0v) is 12.6. The van der Waals surface area contributed by atoms with Gasteiger partial charge in [-0.3, -0.25) is 9.69 Å². The topological polar surface area (TPSA) is 58.4 Å². The van der Waals surface area contributed by atoms with Crippen molar-refractivity contribution in [3.8, 4) is 0 Å². The number of amides is 1. The molecule has 0 saturated carbocycles. The van der Waals surface area contributed by atoms with E-state index < -0.39 is 0 Å². The number of likely N-dealkylation sites (tertiary alicyclic amines) is 1. The molecule has 0 aromatic heterocycles. The van der Waals surface area contributed by atoms with Gasteiger partial charge in [-0.05, 0) is 32.4 Å². The van der Waals surface area contributed by atoms with Gasteiger partial charge in [0.1, 0.15) is 0 Å². The first-order valence-electron chi connectivity index (χ1n) is 7.23. The Kier molecular flexibility index (Phi) is 4.45. The van der Waals surface area contributed by atoms with Crippen LogP contribution in [0.3, 0.4) is 0 Å². The minimum Gasteiger partial charge on any atom is -0.359 e. The summed E-state index contributed by atoms with van der Waals surface area (Å²) in [4.78, 5) is 14.4. The highest BCUT2D eigenvalue weighted by Crippen LogP contribution is 2.35. The van der Waals surface area contributed by atoms with E-state index in [0.29, 0.717) is 6.54 Å². The van der Waals surface area contributed by atoms with Gasteiger partial charge in [0.05, 0.1) is 5.41 Å². The molecule has 1 saturated heterocycles. The lowest BCUT2D eigenvalue weighted by Crippen LogP contribution is -2.40. The summed E-state index contributed by atoms with van der Waals surface area (Å²) >= 11 is 0. The molecule has 4 heteroatoms. The summed E-state index contributed by atoms with van der Waals surface area (Å²) in [5, 5.41) is 2.78. The van der Waals surface area contributed by atoms with E-state index in [9.17, 15) is 4.79 Å². The van der Waals surface area contributed by atoms with Gasteiger partial charge in [0.15, 0.2) is 0 Å². The zero-order valence-electron chi connectivity index (χ0n) is 12.6. The predicted molar refractivity (Wildman–Crippen MR) is 81.3 cm³/mol. The molecule has 1 aliphatic heterocycles. The van der Waals surface area contributed by atoms with Gasteiger partial charge in [0.25, 0.3) is 0 Å². The quantitative estimate of drug-likeness (QED) is 0.874. The molecule has 1 amide bonds. The van der Waals surface area contributed by atoms with Gasteiger partial charge in [-0.25, -0.2) is 0 Å². The van der Waals surface area contributed by atoms with E-state index in [1.54, 1.807) is 7.05 Å². The van der Waals surface area contributed by atoms with Crippen molar-refractivity contribution >= 4 is 5.91 Å². The summed E-state index contributed by atoms with van der Waals surface area (Å²) < 4.78 is 0. The van der Waals surface area contributed by atoms with E-state index >= 15 is 0 Å². The van der Waals surface area contributed by atoms with E-state index in [1.807, 2.05) is 6.92 Å². The number of nitrogens with two attached hydrogens (primary N) is 1. The summed E-state index contributed by atoms with van der Waals surface area (Å²) in [5.41, 5.74) is 8.18. The molecule has 2 unspecified atom stereocenters. The Bertz CT molecular complexity index is 488. The number of benzene rings is 1. The smallest absolute Gasteiger partial charge is 0.227 e. The van der Waals surface area contributed by atoms with Gasteiger partial charge in [0.2, 0.25) is 5.91 Å². The molecule has 0 spiro atoms. The molecule has 3 N–H and O–H groups in total. The van der Waals surface area contributed by atoms with Crippen molar-refractivity contribution in [1.29, 1.82) is 0 Å². The fourth-order valence-electron chi connectivity index (χ4n) is 3.12. The number of aryl methyl sites for hydroxylation is 1. The first kappa shape index (κ1) is 15.0. The van der Waals surface area contributed by atoms with Crippen molar-refractivity contribution < 1.29 is 4.79 Å². The molecule has 4 nitrogen and oxygen atoms in total. The van der Waals surface area contributed by atoms with Crippen LogP contribution in [0.25, 0.3) is 0 Å². The number of carbonyl (C=O) groups excluding carboxylic acids is 1. The lowest BCUT2D eigenvalue weighted by Gasteiger charge is -2.29. The maximum Gasteiger partial charge on any atom is 0.227 e. The van der Waals surface area contributed by atoms with Gasteiger partial charge in [-0.1, -0.05) is 29.8 Å².